The summed E-state index contributed by atoms with van der Waals surface area (Å²) in [5, 5.41) is 1.16. The van der Waals surface area contributed by atoms with E-state index in [1.165, 1.54) is 61.7 Å². The summed E-state index contributed by atoms with van der Waals surface area (Å²) in [6.45, 7) is 0. The lowest BCUT2D eigenvalue weighted by Crippen LogP contribution is -2.54. The predicted molar refractivity (Wildman–Crippen MR) is 125 cm³/mol. The first-order valence-electron chi connectivity index (χ1n) is 10.5. The van der Waals surface area contributed by atoms with Crippen LogP contribution in [0.4, 0.5) is 10.1 Å². The summed E-state index contributed by atoms with van der Waals surface area (Å²) in [6, 6.07) is 16.0. The van der Waals surface area contributed by atoms with Gasteiger partial charge in [-0.15, -0.1) is 0 Å². The van der Waals surface area contributed by atoms with E-state index in [9.17, 15) is 23.6 Å². The monoisotopic (exact) mass is 495 g/mol. The van der Waals surface area contributed by atoms with Gasteiger partial charge in [0.2, 0.25) is 5.91 Å². The van der Waals surface area contributed by atoms with Crippen molar-refractivity contribution < 1.29 is 28.3 Å². The largest absolute Gasteiger partial charge is 0.496 e. The van der Waals surface area contributed by atoms with Gasteiger partial charge in [-0.1, -0.05) is 35.9 Å². The van der Waals surface area contributed by atoms with Crippen molar-refractivity contribution >= 4 is 40.9 Å². The lowest BCUT2D eigenvalue weighted by atomic mass is 10.1. The summed E-state index contributed by atoms with van der Waals surface area (Å²) in [5.74, 6) is -3.72. The molecule has 4 amide bonds. The summed E-state index contributed by atoms with van der Waals surface area (Å²) >= 11 is 5.91. The molecule has 4 rings (SSSR count). The molecule has 0 spiro atoms. The number of hydrogen-bond donors (Lipinski definition) is 1. The van der Waals surface area contributed by atoms with Crippen molar-refractivity contribution in [2.75, 3.05) is 12.0 Å². The van der Waals surface area contributed by atoms with E-state index in [2.05, 4.69) is 5.43 Å². The van der Waals surface area contributed by atoms with Crippen molar-refractivity contribution in [1.82, 2.24) is 10.4 Å². The van der Waals surface area contributed by atoms with Gasteiger partial charge in [0.15, 0.2) is 0 Å². The van der Waals surface area contributed by atoms with Gasteiger partial charge in [-0.05, 0) is 48.5 Å². The molecule has 1 aliphatic rings. The van der Waals surface area contributed by atoms with E-state index in [-0.39, 0.29) is 22.6 Å². The van der Waals surface area contributed by atoms with Crippen molar-refractivity contribution in [3.05, 3.63) is 94.8 Å². The molecule has 0 saturated carbocycles. The normalized spacial score (nSPS) is 15.2. The third-order valence-electron chi connectivity index (χ3n) is 5.42. The first kappa shape index (κ1) is 23.9. The quantitative estimate of drug-likeness (QED) is 0.431. The number of amides is 4. The van der Waals surface area contributed by atoms with Crippen LogP contribution in [0.25, 0.3) is 0 Å². The van der Waals surface area contributed by atoms with Crippen LogP contribution in [0.1, 0.15) is 27.1 Å². The molecule has 10 heteroatoms. The lowest BCUT2D eigenvalue weighted by Gasteiger charge is -2.28. The number of benzene rings is 3. The minimum Gasteiger partial charge on any atom is -0.496 e. The molecule has 3 aromatic carbocycles. The molecule has 35 heavy (non-hydrogen) atoms. The van der Waals surface area contributed by atoms with E-state index in [1.807, 2.05) is 0 Å². The number of anilines is 1. The molecule has 1 atom stereocenters. The van der Waals surface area contributed by atoms with Crippen molar-refractivity contribution in [3.63, 3.8) is 0 Å². The average molecular weight is 496 g/mol. The Morgan fingerprint density at radius 1 is 1.00 bits per heavy atom. The predicted octanol–water partition coefficient (Wildman–Crippen LogP) is 3.61. The summed E-state index contributed by atoms with van der Waals surface area (Å²) < 4.78 is 19.5. The number of rotatable bonds is 5. The van der Waals surface area contributed by atoms with Crippen LogP contribution in [0.3, 0.4) is 0 Å². The Labute approximate surface area is 204 Å². The fourth-order valence-corrected chi connectivity index (χ4v) is 3.84. The van der Waals surface area contributed by atoms with Gasteiger partial charge in [-0.2, -0.15) is 0 Å². The molecule has 0 radical (unpaired) electrons. The van der Waals surface area contributed by atoms with Gasteiger partial charge < -0.3 is 4.74 Å². The summed E-state index contributed by atoms with van der Waals surface area (Å²) in [5.41, 5.74) is 2.29. The zero-order chi connectivity index (χ0) is 25.1. The van der Waals surface area contributed by atoms with E-state index >= 15 is 0 Å². The molecule has 8 nitrogen and oxygen atoms in total. The average Bonchev–Trinajstić information content (AvgIpc) is 3.16. The van der Waals surface area contributed by atoms with E-state index in [0.29, 0.717) is 5.02 Å². The molecule has 1 heterocycles. The Bertz CT molecular complexity index is 1310. The van der Waals surface area contributed by atoms with Gasteiger partial charge >= 0.3 is 0 Å². The highest BCUT2D eigenvalue weighted by molar-refractivity contribution is 6.31. The van der Waals surface area contributed by atoms with Crippen LogP contribution in [0, 0.1) is 5.82 Å². The van der Waals surface area contributed by atoms with E-state index in [4.69, 9.17) is 16.3 Å². The van der Waals surface area contributed by atoms with Gasteiger partial charge in [0.25, 0.3) is 17.7 Å². The second-order valence-corrected chi connectivity index (χ2v) is 8.00. The number of ether oxygens (including phenoxy) is 1. The van der Waals surface area contributed by atoms with Gasteiger partial charge in [0.1, 0.15) is 17.6 Å². The zero-order valence-corrected chi connectivity index (χ0v) is 19.2. The van der Waals surface area contributed by atoms with Crippen molar-refractivity contribution in [3.8, 4) is 5.75 Å². The first-order valence-corrected chi connectivity index (χ1v) is 10.8. The molecule has 178 valence electrons. The second kappa shape index (κ2) is 9.94. The van der Waals surface area contributed by atoms with Crippen LogP contribution in [0.5, 0.6) is 5.75 Å². The van der Waals surface area contributed by atoms with E-state index in [1.54, 1.807) is 12.1 Å². The number of hydrazine groups is 1. The number of para-hydroxylation sites is 1. The highest BCUT2D eigenvalue weighted by atomic mass is 35.5. The molecular weight excluding hydrogens is 477 g/mol. The molecule has 1 fully saturated rings. The smallest absolute Gasteiger partial charge is 0.276 e. The van der Waals surface area contributed by atoms with Gasteiger partial charge in [-0.25, -0.2) is 14.3 Å². The van der Waals surface area contributed by atoms with Gasteiger partial charge in [-0.3, -0.25) is 24.6 Å². The number of nitrogens with one attached hydrogen (secondary N) is 1. The molecular formula is C25H19ClFN3O5. The Hall–Kier alpha value is -4.24. The fraction of sp³-hybridized carbons (Fsp3) is 0.120. The number of nitrogens with zero attached hydrogens (tertiary/aromatic N) is 2. The lowest BCUT2D eigenvalue weighted by molar-refractivity contribution is -0.122. The Kier molecular flexibility index (Phi) is 6.79. The molecule has 1 saturated heterocycles. The minimum atomic E-state index is -1.38. The number of halogens is 2. The Balaban J connectivity index is 1.72. The van der Waals surface area contributed by atoms with E-state index in [0.717, 1.165) is 16.0 Å². The third-order valence-corrected chi connectivity index (χ3v) is 5.67. The van der Waals surface area contributed by atoms with Crippen molar-refractivity contribution in [2.45, 2.75) is 12.5 Å². The van der Waals surface area contributed by atoms with Crippen LogP contribution in [-0.2, 0) is 9.59 Å². The molecule has 3 aromatic rings. The Morgan fingerprint density at radius 3 is 2.29 bits per heavy atom. The Morgan fingerprint density at radius 2 is 1.63 bits per heavy atom. The number of imide groups is 1. The maximum Gasteiger partial charge on any atom is 0.276 e. The number of hydrogen-bond acceptors (Lipinski definition) is 5. The second-order valence-electron chi connectivity index (χ2n) is 7.56. The molecule has 1 aliphatic heterocycles. The first-order chi connectivity index (χ1) is 16.8. The number of methoxy groups -OCH3 is 1. The fourth-order valence-electron chi connectivity index (χ4n) is 3.72. The van der Waals surface area contributed by atoms with Gasteiger partial charge in [0, 0.05) is 5.02 Å². The SMILES string of the molecule is COc1ccccc1C(=O)N(NC(=O)c1ccccc1F)C1CC(=O)N(c2ccc(Cl)cc2)C1=O. The highest BCUT2D eigenvalue weighted by Gasteiger charge is 2.46. The summed E-state index contributed by atoms with van der Waals surface area (Å²) in [6.07, 6.45) is -0.403. The maximum absolute atomic E-state index is 14.2. The van der Waals surface area contributed by atoms with Crippen LogP contribution in [0.2, 0.25) is 5.02 Å². The minimum absolute atomic E-state index is 0.0361. The van der Waals surface area contributed by atoms with Crippen molar-refractivity contribution in [1.29, 1.82) is 0 Å². The third kappa shape index (κ3) is 4.71. The summed E-state index contributed by atoms with van der Waals surface area (Å²) in [7, 11) is 1.36. The topological polar surface area (TPSA) is 96.0 Å². The van der Waals surface area contributed by atoms with Crippen LogP contribution >= 0.6 is 11.6 Å². The van der Waals surface area contributed by atoms with Crippen molar-refractivity contribution in [2.24, 2.45) is 0 Å². The van der Waals surface area contributed by atoms with E-state index < -0.39 is 41.9 Å². The van der Waals surface area contributed by atoms with Crippen LogP contribution in [0.15, 0.2) is 72.8 Å². The van der Waals surface area contributed by atoms with Gasteiger partial charge in [0.05, 0.1) is 30.3 Å². The number of carbonyl (C=O) groups is 4. The molecule has 0 aromatic heterocycles. The summed E-state index contributed by atoms with van der Waals surface area (Å²) in [4.78, 5) is 53.5. The molecule has 1 unspecified atom stereocenters. The highest BCUT2D eigenvalue weighted by Crippen LogP contribution is 2.28. The van der Waals surface area contributed by atoms with Crippen LogP contribution < -0.4 is 15.1 Å². The maximum atomic E-state index is 14.2. The van der Waals surface area contributed by atoms with Crippen LogP contribution in [-0.4, -0.2) is 41.8 Å². The number of carbonyl (C=O) groups excluding carboxylic acids is 4. The molecule has 1 N–H and O–H groups in total. The standard InChI is InChI=1S/C25H19ClFN3O5/c1-35-21-9-5-3-7-18(21)24(33)30(28-23(32)17-6-2-4-8-19(17)27)20-14-22(31)29(25(20)34)16-12-10-15(26)11-13-16/h2-13,20H,14H2,1H3,(H,28,32). The zero-order valence-electron chi connectivity index (χ0n) is 18.4. The molecule has 0 bridgehead atoms. The molecule has 0 aliphatic carbocycles.